The summed E-state index contributed by atoms with van der Waals surface area (Å²) in [5.41, 5.74) is 4.32. The maximum absolute atomic E-state index is 12.7. The number of anilines is 1. The van der Waals surface area contributed by atoms with Gasteiger partial charge in [0.2, 0.25) is 11.8 Å². The maximum Gasteiger partial charge on any atom is 0.481 e. The molecule has 1 aliphatic heterocycles. The molecule has 0 spiro atoms. The minimum Gasteiger partial charge on any atom is -0.481 e. The van der Waals surface area contributed by atoms with Crippen molar-refractivity contribution in [1.29, 1.82) is 0 Å². The monoisotopic (exact) mass is 971 g/mol. The molecule has 2 aromatic heterocycles. The number of nitrogen functional groups attached to an aromatic ring is 1. The van der Waals surface area contributed by atoms with E-state index < -0.39 is 114 Å². The van der Waals surface area contributed by atoms with Crippen molar-refractivity contribution in [2.24, 2.45) is 11.3 Å². The fourth-order valence-corrected chi connectivity index (χ4v) is 9.27. The van der Waals surface area contributed by atoms with Gasteiger partial charge in [-0.1, -0.05) is 55.9 Å². The van der Waals surface area contributed by atoms with E-state index in [9.17, 15) is 72.6 Å². The summed E-state index contributed by atoms with van der Waals surface area (Å²) in [4.78, 5) is 113. The molecule has 4 rings (SSSR count). The third kappa shape index (κ3) is 15.0. The van der Waals surface area contributed by atoms with E-state index in [0.717, 1.165) is 17.2 Å². The average Bonchev–Trinajstić information content (AvgIpc) is 3.76. The number of Topliss-reactive ketones (excluding diaryl/α,β-unsaturated/α-hetero) is 1. The minimum atomic E-state index is -5.62. The lowest BCUT2D eigenvalue weighted by Gasteiger charge is -2.30. The predicted octanol–water partition coefficient (Wildman–Crippen LogP) is -0.361. The molecule has 1 aromatic carbocycles. The van der Waals surface area contributed by atoms with Crippen LogP contribution in [0.4, 0.5) is 5.82 Å². The normalized spacial score (nSPS) is 20.9. The highest BCUT2D eigenvalue weighted by Crippen LogP contribution is 2.61. The Balaban J connectivity index is 1.21. The van der Waals surface area contributed by atoms with Crippen LogP contribution in [-0.4, -0.2) is 140 Å². The van der Waals surface area contributed by atoms with E-state index in [2.05, 4.69) is 34.4 Å². The van der Waals surface area contributed by atoms with Crippen LogP contribution in [0.15, 0.2) is 43.0 Å². The van der Waals surface area contributed by atoms with Gasteiger partial charge in [-0.2, -0.15) is 4.31 Å². The van der Waals surface area contributed by atoms with Crippen molar-refractivity contribution in [2.75, 3.05) is 37.8 Å². The number of phosphoric ester groups is 3. The van der Waals surface area contributed by atoms with Gasteiger partial charge in [0.25, 0.3) is 0 Å². The van der Waals surface area contributed by atoms with Gasteiger partial charge in [0.05, 0.1) is 26.0 Å². The van der Waals surface area contributed by atoms with Crippen molar-refractivity contribution in [1.82, 2.24) is 30.2 Å². The summed E-state index contributed by atoms with van der Waals surface area (Å²) in [6, 6.07) is 7.69. The van der Waals surface area contributed by atoms with E-state index in [1.54, 1.807) is 18.2 Å². The number of carboxylic acid groups (broad SMARTS) is 1. The van der Waals surface area contributed by atoms with Crippen LogP contribution in [0.2, 0.25) is 0 Å². The molecule has 8 atom stereocenters. The molecule has 3 unspecified atom stereocenters. The number of ether oxygens (including phenoxy) is 1. The molecule has 3 aromatic rings. The number of ketones is 1. The number of carbonyl (C=O) groups is 5. The SMILES string of the molecule is CC(C)(COP(=O)(O)OP(=O)(O)OC[C@H]1O[C@@H](n2cnc3c(N)ncnc32)[C@H](O)[C@@H]1OP(=O)(O)O)C(O)C(=O)NCCC(=O)NCCSC(=O)[C@H](CC(=O)O)C(=O)c1ccccc1. The number of aliphatic carboxylic acids is 1. The Kier molecular flexibility index (Phi) is 17.8. The van der Waals surface area contributed by atoms with Crippen LogP contribution in [0.25, 0.3) is 11.2 Å². The van der Waals surface area contributed by atoms with Gasteiger partial charge in [0.15, 0.2) is 28.6 Å². The summed E-state index contributed by atoms with van der Waals surface area (Å²) < 4.78 is 62.2. The number of carbonyl (C=O) groups excluding carboxylic acids is 4. The Morgan fingerprint density at radius 1 is 0.984 bits per heavy atom. The largest absolute Gasteiger partial charge is 0.481 e. The zero-order valence-electron chi connectivity index (χ0n) is 33.0. The van der Waals surface area contributed by atoms with E-state index in [0.29, 0.717) is 11.8 Å². The number of rotatable bonds is 24. The molecule has 0 radical (unpaired) electrons. The van der Waals surface area contributed by atoms with Gasteiger partial charge in [0.1, 0.15) is 42.2 Å². The zero-order chi connectivity index (χ0) is 46.9. The van der Waals surface area contributed by atoms with Gasteiger partial charge < -0.3 is 56.0 Å². The molecule has 11 N–H and O–H groups in total. The van der Waals surface area contributed by atoms with Crippen molar-refractivity contribution in [3.8, 4) is 0 Å². The number of amides is 2. The van der Waals surface area contributed by atoms with Crippen LogP contribution in [0, 0.1) is 11.3 Å². The number of fused-ring (bicyclic) bond motifs is 1. The number of benzene rings is 1. The number of hydrogen-bond acceptors (Lipinski definition) is 20. The van der Waals surface area contributed by atoms with E-state index in [-0.39, 0.29) is 47.8 Å². The van der Waals surface area contributed by atoms with E-state index in [1.807, 2.05) is 0 Å². The highest BCUT2D eigenvalue weighted by molar-refractivity contribution is 8.13. The Morgan fingerprint density at radius 2 is 1.65 bits per heavy atom. The Hall–Kier alpha value is -4.08. The molecule has 31 heteroatoms. The van der Waals surface area contributed by atoms with Crippen molar-refractivity contribution < 1.29 is 95.2 Å². The zero-order valence-corrected chi connectivity index (χ0v) is 36.5. The lowest BCUT2D eigenvalue weighted by Crippen LogP contribution is -2.46. The number of carboxylic acids is 1. The van der Waals surface area contributed by atoms with E-state index >= 15 is 0 Å². The number of imidazole rings is 1. The fourth-order valence-electron chi connectivity index (χ4n) is 5.64. The van der Waals surface area contributed by atoms with E-state index in [1.165, 1.54) is 26.0 Å². The molecular weight excluding hydrogens is 927 g/mol. The third-order valence-corrected chi connectivity index (χ3v) is 12.9. The molecule has 2 amide bonds. The molecule has 348 valence electrons. The highest BCUT2D eigenvalue weighted by Gasteiger charge is 2.50. The van der Waals surface area contributed by atoms with Crippen LogP contribution >= 0.6 is 35.2 Å². The van der Waals surface area contributed by atoms with Crippen LogP contribution < -0.4 is 16.4 Å². The Morgan fingerprint density at radius 3 is 2.30 bits per heavy atom. The summed E-state index contributed by atoms with van der Waals surface area (Å²) in [6.45, 7) is -0.0734. The van der Waals surface area contributed by atoms with Crippen molar-refractivity contribution in [3.05, 3.63) is 48.5 Å². The lowest BCUT2D eigenvalue weighted by molar-refractivity contribution is -0.139. The summed E-state index contributed by atoms with van der Waals surface area (Å²) in [6.07, 6.45) is -7.99. The molecule has 63 heavy (non-hydrogen) atoms. The van der Waals surface area contributed by atoms with Gasteiger partial charge in [-0.3, -0.25) is 42.1 Å². The molecule has 0 aliphatic carbocycles. The van der Waals surface area contributed by atoms with Crippen LogP contribution in [0.5, 0.6) is 0 Å². The van der Waals surface area contributed by atoms with Gasteiger partial charge in [-0.25, -0.2) is 28.6 Å². The quantitative estimate of drug-likeness (QED) is 0.0237. The molecule has 1 aliphatic rings. The number of nitrogens with zero attached hydrogens (tertiary/aromatic N) is 4. The molecule has 1 saturated heterocycles. The van der Waals surface area contributed by atoms with Gasteiger partial charge >= 0.3 is 29.4 Å². The molecular formula is C32H44N7O20P3S. The first-order valence-corrected chi connectivity index (χ1v) is 23.7. The topological polar surface area (TPSA) is 418 Å². The number of phosphoric acid groups is 3. The first-order valence-electron chi connectivity index (χ1n) is 18.2. The summed E-state index contributed by atoms with van der Waals surface area (Å²) in [5, 5.41) is 34.8. The lowest BCUT2D eigenvalue weighted by atomic mass is 9.87. The number of nitrogens with two attached hydrogens (primary N) is 1. The Labute approximate surface area is 360 Å². The molecule has 0 bridgehead atoms. The van der Waals surface area contributed by atoms with Crippen molar-refractivity contribution in [2.45, 2.75) is 57.3 Å². The second-order valence-corrected chi connectivity index (χ2v) is 19.5. The number of aliphatic hydroxyl groups is 2. The summed E-state index contributed by atoms with van der Waals surface area (Å²) >= 11 is 0.659. The fraction of sp³-hybridized carbons (Fsp3) is 0.500. The average molecular weight is 972 g/mol. The van der Waals surface area contributed by atoms with Gasteiger partial charge in [-0.05, 0) is 0 Å². The van der Waals surface area contributed by atoms with Crippen LogP contribution in [0.1, 0.15) is 43.3 Å². The molecule has 1 fully saturated rings. The maximum atomic E-state index is 12.7. The minimum absolute atomic E-state index is 0.00949. The van der Waals surface area contributed by atoms with Crippen LogP contribution in [0.3, 0.4) is 0 Å². The molecule has 0 saturated carbocycles. The standard InChI is InChI=1S/C32H44N7O20P3S/c1-32(2,26(45)29(46)35-9-8-20(40)34-10-11-63-31(47)18(12-21(41)42)23(43)17-6-4-3-5-7-17)14-56-62(53,54)59-61(51,52)55-13-19-25(58-60(48,49)50)24(44)30(57-19)39-16-38-22-27(33)36-15-37-28(22)39/h3-7,15-16,18-19,24-26,30,44-45H,8-14H2,1-2H3,(H,34,40)(H,35,46)(H,41,42)(H,51,52)(H,53,54)(H2,33,36,37)(H2,48,49,50)/t18-,19-,24-,25-,26?,30-/m1/s1. The number of nitrogens with one attached hydrogen (secondary N) is 2. The van der Waals surface area contributed by atoms with E-state index in [4.69, 9.17) is 19.5 Å². The Bertz CT molecular complexity index is 2280. The number of hydrogen-bond donors (Lipinski definition) is 10. The van der Waals surface area contributed by atoms with Crippen molar-refractivity contribution in [3.63, 3.8) is 0 Å². The molecule has 27 nitrogen and oxygen atoms in total. The van der Waals surface area contributed by atoms with Gasteiger partial charge in [0, 0.05) is 36.2 Å². The number of aliphatic hydroxyl groups excluding tert-OH is 2. The summed E-state index contributed by atoms with van der Waals surface area (Å²) in [7, 11) is -16.5. The predicted molar refractivity (Wildman–Crippen MR) is 214 cm³/mol. The summed E-state index contributed by atoms with van der Waals surface area (Å²) in [5.74, 6) is -5.16. The number of thioether (sulfide) groups is 1. The first-order chi connectivity index (χ1) is 29.3. The third-order valence-electron chi connectivity index (χ3n) is 8.78. The van der Waals surface area contributed by atoms with Crippen molar-refractivity contribution >= 4 is 80.9 Å². The smallest absolute Gasteiger partial charge is 0.481 e. The second-order valence-electron chi connectivity index (χ2n) is 14.1. The number of aromatic nitrogens is 4. The highest BCUT2D eigenvalue weighted by atomic mass is 32.2. The second kappa shape index (κ2) is 21.7. The van der Waals surface area contributed by atoms with Gasteiger partial charge in [-0.15, -0.1) is 0 Å². The first kappa shape index (κ1) is 51.6. The van der Waals surface area contributed by atoms with Crippen LogP contribution in [-0.2, 0) is 55.5 Å². The molecule has 3 heterocycles.